The molecule has 5 nitrogen and oxygen atoms in total. The Kier molecular flexibility index (Phi) is 6.74. The van der Waals surface area contributed by atoms with Crippen LogP contribution in [-0.2, 0) is 19.1 Å². The van der Waals surface area contributed by atoms with Crippen LogP contribution in [0.2, 0.25) is 0 Å². The van der Waals surface area contributed by atoms with Gasteiger partial charge in [0.05, 0.1) is 20.0 Å². The van der Waals surface area contributed by atoms with Crippen LogP contribution in [0.15, 0.2) is 0 Å². The molecule has 0 aromatic heterocycles. The SMILES string of the molecule is CCCC(O)OC(=O)CCC(=O)OC. The highest BCUT2D eigenvalue weighted by Crippen LogP contribution is 2.02. The van der Waals surface area contributed by atoms with Gasteiger partial charge in [-0.15, -0.1) is 0 Å². The molecule has 0 amide bonds. The van der Waals surface area contributed by atoms with Crippen LogP contribution in [0, 0.1) is 0 Å². The highest BCUT2D eigenvalue weighted by atomic mass is 16.6. The lowest BCUT2D eigenvalue weighted by molar-refractivity contribution is -0.170. The number of carbonyl (C=O) groups excluding carboxylic acids is 2. The Hall–Kier alpha value is -1.10. The minimum absolute atomic E-state index is 0.0197. The summed E-state index contributed by atoms with van der Waals surface area (Å²) in [5.41, 5.74) is 0. The summed E-state index contributed by atoms with van der Waals surface area (Å²) in [5.74, 6) is -1.05. The Morgan fingerprint density at radius 3 is 2.36 bits per heavy atom. The molecule has 1 N–H and O–H groups in total. The van der Waals surface area contributed by atoms with Crippen LogP contribution < -0.4 is 0 Å². The largest absolute Gasteiger partial charge is 0.469 e. The van der Waals surface area contributed by atoms with Crippen molar-refractivity contribution >= 4 is 11.9 Å². The predicted octanol–water partition coefficient (Wildman–Crippen LogP) is 0.601. The number of aliphatic hydroxyl groups excluding tert-OH is 1. The van der Waals surface area contributed by atoms with E-state index < -0.39 is 18.2 Å². The first-order valence-electron chi connectivity index (χ1n) is 4.54. The number of aliphatic hydroxyl groups is 1. The highest BCUT2D eigenvalue weighted by Gasteiger charge is 2.11. The van der Waals surface area contributed by atoms with E-state index in [0.29, 0.717) is 6.42 Å². The highest BCUT2D eigenvalue weighted by molar-refractivity contribution is 5.77. The Bertz CT molecular complexity index is 190. The average molecular weight is 204 g/mol. The van der Waals surface area contributed by atoms with Gasteiger partial charge in [0.1, 0.15) is 0 Å². The van der Waals surface area contributed by atoms with Crippen LogP contribution in [-0.4, -0.2) is 30.4 Å². The summed E-state index contributed by atoms with van der Waals surface area (Å²) in [6.07, 6.45) is -0.0121. The van der Waals surface area contributed by atoms with Gasteiger partial charge in [-0.2, -0.15) is 0 Å². The van der Waals surface area contributed by atoms with Crippen LogP contribution in [0.5, 0.6) is 0 Å². The fraction of sp³-hybridized carbons (Fsp3) is 0.778. The van der Waals surface area contributed by atoms with E-state index in [1.165, 1.54) is 7.11 Å². The molecule has 0 saturated carbocycles. The van der Waals surface area contributed by atoms with Gasteiger partial charge in [0.2, 0.25) is 6.29 Å². The van der Waals surface area contributed by atoms with Gasteiger partial charge in [0, 0.05) is 6.42 Å². The molecule has 0 bridgehead atoms. The monoisotopic (exact) mass is 204 g/mol. The van der Waals surface area contributed by atoms with Crippen molar-refractivity contribution < 1.29 is 24.2 Å². The van der Waals surface area contributed by atoms with Gasteiger partial charge in [-0.25, -0.2) is 0 Å². The first kappa shape index (κ1) is 12.9. The van der Waals surface area contributed by atoms with E-state index in [9.17, 15) is 9.59 Å². The normalized spacial score (nSPS) is 11.9. The number of methoxy groups -OCH3 is 1. The Labute approximate surface area is 83.0 Å². The second-order valence-electron chi connectivity index (χ2n) is 2.81. The molecular weight excluding hydrogens is 188 g/mol. The van der Waals surface area contributed by atoms with Crippen LogP contribution in [0.1, 0.15) is 32.6 Å². The van der Waals surface area contributed by atoms with Crippen molar-refractivity contribution in [1.82, 2.24) is 0 Å². The Morgan fingerprint density at radius 1 is 1.29 bits per heavy atom. The maximum Gasteiger partial charge on any atom is 0.308 e. The van der Waals surface area contributed by atoms with Gasteiger partial charge in [0.25, 0.3) is 0 Å². The Balaban J connectivity index is 3.59. The van der Waals surface area contributed by atoms with Crippen molar-refractivity contribution in [3.8, 4) is 0 Å². The number of esters is 2. The third-order valence-corrected chi connectivity index (χ3v) is 1.56. The van der Waals surface area contributed by atoms with Crippen molar-refractivity contribution in [2.24, 2.45) is 0 Å². The fourth-order valence-corrected chi connectivity index (χ4v) is 0.823. The summed E-state index contributed by atoms with van der Waals surface area (Å²) in [6, 6.07) is 0. The van der Waals surface area contributed by atoms with E-state index >= 15 is 0 Å². The molecular formula is C9H16O5. The summed E-state index contributed by atoms with van der Waals surface area (Å²) >= 11 is 0. The zero-order chi connectivity index (χ0) is 11.0. The van der Waals surface area contributed by atoms with Crippen LogP contribution >= 0.6 is 0 Å². The molecule has 0 fully saturated rings. The molecule has 0 aliphatic carbocycles. The van der Waals surface area contributed by atoms with Gasteiger partial charge < -0.3 is 14.6 Å². The summed E-state index contributed by atoms with van der Waals surface area (Å²) in [6.45, 7) is 1.87. The lowest BCUT2D eigenvalue weighted by Crippen LogP contribution is -2.18. The molecule has 0 radical (unpaired) electrons. The van der Waals surface area contributed by atoms with Crippen molar-refractivity contribution in [1.29, 1.82) is 0 Å². The lowest BCUT2D eigenvalue weighted by atomic mass is 10.3. The molecule has 0 aliphatic heterocycles. The van der Waals surface area contributed by atoms with Gasteiger partial charge in [0.15, 0.2) is 0 Å². The molecule has 0 aromatic carbocycles. The number of carbonyl (C=O) groups is 2. The topological polar surface area (TPSA) is 72.8 Å². The summed E-state index contributed by atoms with van der Waals surface area (Å²) in [5, 5.41) is 9.08. The van der Waals surface area contributed by atoms with Gasteiger partial charge >= 0.3 is 11.9 Å². The zero-order valence-electron chi connectivity index (χ0n) is 8.49. The molecule has 0 spiro atoms. The fourth-order valence-electron chi connectivity index (χ4n) is 0.823. The van der Waals surface area contributed by atoms with Crippen molar-refractivity contribution in [3.05, 3.63) is 0 Å². The Morgan fingerprint density at radius 2 is 1.86 bits per heavy atom. The number of rotatable bonds is 6. The zero-order valence-corrected chi connectivity index (χ0v) is 8.49. The van der Waals surface area contributed by atoms with E-state index in [1.54, 1.807) is 0 Å². The molecule has 0 saturated heterocycles. The maximum atomic E-state index is 11.0. The number of hydrogen-bond donors (Lipinski definition) is 1. The smallest absolute Gasteiger partial charge is 0.308 e. The summed E-state index contributed by atoms with van der Waals surface area (Å²) in [4.78, 5) is 21.6. The van der Waals surface area contributed by atoms with Gasteiger partial charge in [-0.05, 0) is 0 Å². The van der Waals surface area contributed by atoms with Crippen molar-refractivity contribution in [2.75, 3.05) is 7.11 Å². The minimum atomic E-state index is -1.06. The molecule has 0 heterocycles. The van der Waals surface area contributed by atoms with Crippen LogP contribution in [0.25, 0.3) is 0 Å². The van der Waals surface area contributed by atoms with E-state index in [-0.39, 0.29) is 12.8 Å². The van der Waals surface area contributed by atoms with Crippen LogP contribution in [0.4, 0.5) is 0 Å². The van der Waals surface area contributed by atoms with E-state index in [2.05, 4.69) is 9.47 Å². The molecule has 1 atom stereocenters. The van der Waals surface area contributed by atoms with Crippen molar-refractivity contribution in [3.63, 3.8) is 0 Å². The minimum Gasteiger partial charge on any atom is -0.469 e. The predicted molar refractivity (Wildman–Crippen MR) is 48.3 cm³/mol. The molecule has 82 valence electrons. The summed E-state index contributed by atoms with van der Waals surface area (Å²) in [7, 11) is 1.25. The molecule has 0 aromatic rings. The first-order chi connectivity index (χ1) is 6.60. The number of ether oxygens (including phenoxy) is 2. The number of hydrogen-bond acceptors (Lipinski definition) is 5. The third kappa shape index (κ3) is 6.42. The molecule has 5 heteroatoms. The second-order valence-corrected chi connectivity index (χ2v) is 2.81. The quantitative estimate of drug-likeness (QED) is 0.506. The van der Waals surface area contributed by atoms with E-state index in [4.69, 9.17) is 5.11 Å². The maximum absolute atomic E-state index is 11.0. The standard InChI is InChI=1S/C9H16O5/c1-3-4-8(11)14-9(12)6-5-7(10)13-2/h8,11H,3-6H2,1-2H3. The second kappa shape index (κ2) is 7.32. The lowest BCUT2D eigenvalue weighted by Gasteiger charge is -2.10. The van der Waals surface area contributed by atoms with Gasteiger partial charge in [-0.1, -0.05) is 13.3 Å². The molecule has 14 heavy (non-hydrogen) atoms. The first-order valence-corrected chi connectivity index (χ1v) is 4.54. The van der Waals surface area contributed by atoms with Crippen molar-refractivity contribution in [2.45, 2.75) is 38.9 Å². The summed E-state index contributed by atoms with van der Waals surface area (Å²) < 4.78 is 8.94. The third-order valence-electron chi connectivity index (χ3n) is 1.56. The van der Waals surface area contributed by atoms with E-state index in [0.717, 1.165) is 6.42 Å². The molecule has 0 aliphatic rings. The molecule has 0 rings (SSSR count). The average Bonchev–Trinajstić information content (AvgIpc) is 2.14. The van der Waals surface area contributed by atoms with Crippen LogP contribution in [0.3, 0.4) is 0 Å². The van der Waals surface area contributed by atoms with Gasteiger partial charge in [-0.3, -0.25) is 9.59 Å². The molecule has 1 unspecified atom stereocenters. The van der Waals surface area contributed by atoms with E-state index in [1.807, 2.05) is 6.92 Å².